The Hall–Kier alpha value is -1.83. The highest BCUT2D eigenvalue weighted by Gasteiger charge is 2.34. The van der Waals surface area contributed by atoms with Crippen molar-refractivity contribution >= 4 is 5.97 Å². The fraction of sp³-hybridized carbons (Fsp3) is 0.154. The van der Waals surface area contributed by atoms with E-state index >= 15 is 0 Å². The van der Waals surface area contributed by atoms with Crippen LogP contribution in [0, 0.1) is 0 Å². The van der Waals surface area contributed by atoms with Crippen LogP contribution >= 0.6 is 0 Å². The summed E-state index contributed by atoms with van der Waals surface area (Å²) in [6.07, 6.45) is 7.01. The van der Waals surface area contributed by atoms with Gasteiger partial charge in [-0.05, 0) is 19.1 Å². The first-order chi connectivity index (χ1) is 7.27. The van der Waals surface area contributed by atoms with E-state index in [-0.39, 0.29) is 5.97 Å². The summed E-state index contributed by atoms with van der Waals surface area (Å²) in [5.41, 5.74) is 0.262. The number of carbonyl (C=O) groups excluding carboxylic acids is 1. The molecule has 0 saturated heterocycles. The molecule has 1 aliphatic heterocycles. The second kappa shape index (κ2) is 3.73. The zero-order valence-corrected chi connectivity index (χ0v) is 8.51. The van der Waals surface area contributed by atoms with Gasteiger partial charge in [0.2, 0.25) is 0 Å². The van der Waals surface area contributed by atoms with Crippen LogP contribution in [0.5, 0.6) is 0 Å². The predicted molar refractivity (Wildman–Crippen MR) is 58.2 cm³/mol. The van der Waals surface area contributed by atoms with E-state index in [2.05, 4.69) is 0 Å². The first kappa shape index (κ1) is 9.71. The van der Waals surface area contributed by atoms with Crippen LogP contribution in [-0.4, -0.2) is 5.97 Å². The van der Waals surface area contributed by atoms with Gasteiger partial charge in [-0.25, -0.2) is 4.79 Å². The summed E-state index contributed by atoms with van der Waals surface area (Å²) in [6, 6.07) is 9.69. The Bertz CT molecular complexity index is 417. The van der Waals surface area contributed by atoms with Gasteiger partial charge in [0.1, 0.15) is 0 Å². The molecular weight excluding hydrogens is 188 g/mol. The number of esters is 1. The van der Waals surface area contributed by atoms with Crippen molar-refractivity contribution in [3.63, 3.8) is 0 Å². The van der Waals surface area contributed by atoms with Gasteiger partial charge in [0.05, 0.1) is 0 Å². The minimum Gasteiger partial charge on any atom is -0.442 e. The number of cyclic esters (lactones) is 1. The van der Waals surface area contributed by atoms with Crippen molar-refractivity contribution in [3.8, 4) is 0 Å². The van der Waals surface area contributed by atoms with E-state index in [1.807, 2.05) is 49.4 Å². The van der Waals surface area contributed by atoms with Gasteiger partial charge < -0.3 is 4.74 Å². The lowest BCUT2D eigenvalue weighted by Gasteiger charge is -2.23. The molecule has 1 aromatic rings. The summed E-state index contributed by atoms with van der Waals surface area (Å²) in [6.45, 7) is 1.91. The van der Waals surface area contributed by atoms with Crippen molar-refractivity contribution < 1.29 is 9.53 Å². The molecule has 76 valence electrons. The molecule has 1 aliphatic rings. The molecule has 1 unspecified atom stereocenters. The van der Waals surface area contributed by atoms with E-state index in [9.17, 15) is 4.79 Å². The summed E-state index contributed by atoms with van der Waals surface area (Å²) in [5, 5.41) is 0. The van der Waals surface area contributed by atoms with E-state index in [4.69, 9.17) is 4.74 Å². The van der Waals surface area contributed by atoms with Crippen LogP contribution in [0.15, 0.2) is 54.6 Å². The molecule has 0 radical (unpaired) electrons. The molecule has 1 atom stereocenters. The quantitative estimate of drug-likeness (QED) is 0.541. The average molecular weight is 200 g/mol. The monoisotopic (exact) mass is 200 g/mol. The van der Waals surface area contributed by atoms with Gasteiger partial charge in [0.15, 0.2) is 5.60 Å². The van der Waals surface area contributed by atoms with Crippen molar-refractivity contribution in [1.82, 2.24) is 0 Å². The van der Waals surface area contributed by atoms with Crippen LogP contribution in [0.1, 0.15) is 12.5 Å². The average Bonchev–Trinajstić information content (AvgIpc) is 2.63. The van der Waals surface area contributed by atoms with E-state index in [0.717, 1.165) is 5.56 Å². The number of hydrogen-bond donors (Lipinski definition) is 0. The molecule has 0 bridgehead atoms. The van der Waals surface area contributed by atoms with Crippen molar-refractivity contribution in [2.24, 2.45) is 0 Å². The highest BCUT2D eigenvalue weighted by atomic mass is 16.6. The molecule has 2 heteroatoms. The first-order valence-electron chi connectivity index (χ1n) is 4.88. The number of hydrogen-bond acceptors (Lipinski definition) is 2. The summed E-state index contributed by atoms with van der Waals surface area (Å²) in [5.74, 6) is -0.294. The number of benzene rings is 1. The smallest absolute Gasteiger partial charge is 0.332 e. The standard InChI is InChI=1S/C13H12O2/c1-2-9-13(10-8-12(14)15-13)11-6-4-3-5-7-11/h2-10H,1H3/b9-2+. The van der Waals surface area contributed by atoms with Gasteiger partial charge in [-0.3, -0.25) is 0 Å². The Balaban J connectivity index is 2.46. The summed E-state index contributed by atoms with van der Waals surface area (Å²) in [4.78, 5) is 11.2. The van der Waals surface area contributed by atoms with Gasteiger partial charge >= 0.3 is 5.97 Å². The summed E-state index contributed by atoms with van der Waals surface area (Å²) in [7, 11) is 0. The van der Waals surface area contributed by atoms with Crippen molar-refractivity contribution in [2.45, 2.75) is 12.5 Å². The molecule has 2 nitrogen and oxygen atoms in total. The zero-order chi connectivity index (χ0) is 10.7. The van der Waals surface area contributed by atoms with Crippen LogP contribution in [0.25, 0.3) is 0 Å². The number of rotatable bonds is 2. The molecule has 1 aromatic carbocycles. The van der Waals surface area contributed by atoms with E-state index in [0.29, 0.717) is 0 Å². The second-order valence-electron chi connectivity index (χ2n) is 3.41. The molecule has 0 amide bonds. The SMILES string of the molecule is C/C=C/C1(c2ccccc2)C=CC(=O)O1. The van der Waals surface area contributed by atoms with E-state index < -0.39 is 5.60 Å². The Morgan fingerprint density at radius 1 is 1.27 bits per heavy atom. The Kier molecular flexibility index (Phi) is 2.42. The molecule has 0 aliphatic carbocycles. The number of ether oxygens (including phenoxy) is 1. The van der Waals surface area contributed by atoms with Gasteiger partial charge in [0, 0.05) is 11.6 Å². The third kappa shape index (κ3) is 1.71. The van der Waals surface area contributed by atoms with Crippen LogP contribution in [0.3, 0.4) is 0 Å². The number of allylic oxidation sites excluding steroid dienone is 1. The highest BCUT2D eigenvalue weighted by Crippen LogP contribution is 2.33. The maximum absolute atomic E-state index is 11.2. The Morgan fingerprint density at radius 2 is 2.00 bits per heavy atom. The molecule has 0 fully saturated rings. The van der Waals surface area contributed by atoms with Crippen molar-refractivity contribution in [1.29, 1.82) is 0 Å². The third-order valence-electron chi connectivity index (χ3n) is 2.38. The molecule has 15 heavy (non-hydrogen) atoms. The van der Waals surface area contributed by atoms with Crippen molar-refractivity contribution in [3.05, 3.63) is 60.2 Å². The van der Waals surface area contributed by atoms with E-state index in [1.54, 1.807) is 6.08 Å². The minimum atomic E-state index is -0.701. The van der Waals surface area contributed by atoms with E-state index in [1.165, 1.54) is 6.08 Å². The Labute approximate surface area is 88.9 Å². The second-order valence-corrected chi connectivity index (χ2v) is 3.41. The molecule has 2 rings (SSSR count). The largest absolute Gasteiger partial charge is 0.442 e. The lowest BCUT2D eigenvalue weighted by atomic mass is 9.94. The predicted octanol–water partition coefficient (Wildman–Crippen LogP) is 2.57. The minimum absolute atomic E-state index is 0.294. The molecule has 1 heterocycles. The summed E-state index contributed by atoms with van der Waals surface area (Å²) < 4.78 is 5.34. The highest BCUT2D eigenvalue weighted by molar-refractivity contribution is 5.86. The fourth-order valence-corrected chi connectivity index (χ4v) is 1.71. The maximum atomic E-state index is 11.2. The topological polar surface area (TPSA) is 26.3 Å². The molecule has 0 saturated carbocycles. The normalized spacial score (nSPS) is 24.7. The third-order valence-corrected chi connectivity index (χ3v) is 2.38. The maximum Gasteiger partial charge on any atom is 0.332 e. The molecule has 0 aromatic heterocycles. The zero-order valence-electron chi connectivity index (χ0n) is 8.51. The van der Waals surface area contributed by atoms with Crippen molar-refractivity contribution in [2.75, 3.05) is 0 Å². The summed E-state index contributed by atoms with van der Waals surface area (Å²) >= 11 is 0. The molecular formula is C13H12O2. The van der Waals surface area contributed by atoms with Gasteiger partial charge in [-0.1, -0.05) is 36.4 Å². The lowest BCUT2D eigenvalue weighted by molar-refractivity contribution is -0.143. The van der Waals surface area contributed by atoms with Gasteiger partial charge in [0.25, 0.3) is 0 Å². The molecule has 0 spiro atoms. The molecule has 0 N–H and O–H groups in total. The lowest BCUT2D eigenvalue weighted by Crippen LogP contribution is -2.22. The fourth-order valence-electron chi connectivity index (χ4n) is 1.71. The first-order valence-corrected chi connectivity index (χ1v) is 4.88. The van der Waals surface area contributed by atoms with Gasteiger partial charge in [-0.15, -0.1) is 0 Å². The Morgan fingerprint density at radius 3 is 2.53 bits per heavy atom. The van der Waals surface area contributed by atoms with Crippen LogP contribution in [0.4, 0.5) is 0 Å². The van der Waals surface area contributed by atoms with Crippen LogP contribution in [0.2, 0.25) is 0 Å². The van der Waals surface area contributed by atoms with Gasteiger partial charge in [-0.2, -0.15) is 0 Å². The van der Waals surface area contributed by atoms with Crippen LogP contribution in [-0.2, 0) is 15.1 Å². The number of carbonyl (C=O) groups is 1. The van der Waals surface area contributed by atoms with Crippen LogP contribution < -0.4 is 0 Å².